The van der Waals surface area contributed by atoms with E-state index in [4.69, 9.17) is 5.11 Å². The van der Waals surface area contributed by atoms with E-state index in [2.05, 4.69) is 21.2 Å². The lowest BCUT2D eigenvalue weighted by molar-refractivity contribution is -0.115. The van der Waals surface area contributed by atoms with Gasteiger partial charge in [-0.3, -0.25) is 4.79 Å². The van der Waals surface area contributed by atoms with Crippen LogP contribution in [0.1, 0.15) is 15.9 Å². The second-order valence-corrected chi connectivity index (χ2v) is 5.30. The normalized spacial score (nSPS) is 10.1. The van der Waals surface area contributed by atoms with E-state index in [0.717, 1.165) is 10.0 Å². The maximum atomic E-state index is 11.9. The average molecular weight is 350 g/mol. The van der Waals surface area contributed by atoms with Crippen molar-refractivity contribution in [1.29, 1.82) is 0 Å². The monoisotopic (exact) mass is 349 g/mol. The molecule has 0 bridgehead atoms. The first-order valence-electron chi connectivity index (χ1n) is 6.06. The van der Waals surface area contributed by atoms with E-state index in [9.17, 15) is 14.7 Å². The van der Waals surface area contributed by atoms with Crippen LogP contribution in [-0.2, 0) is 11.2 Å². The minimum Gasteiger partial charge on any atom is -0.507 e. The van der Waals surface area contributed by atoms with Gasteiger partial charge in [0.05, 0.1) is 6.42 Å². The van der Waals surface area contributed by atoms with Crippen LogP contribution in [0.15, 0.2) is 46.9 Å². The number of aromatic carboxylic acids is 1. The van der Waals surface area contributed by atoms with Gasteiger partial charge in [-0.2, -0.15) is 0 Å². The first kappa shape index (κ1) is 15.1. The first-order chi connectivity index (χ1) is 9.95. The van der Waals surface area contributed by atoms with Crippen molar-refractivity contribution in [2.24, 2.45) is 0 Å². The molecule has 6 heteroatoms. The smallest absolute Gasteiger partial charge is 0.339 e. The zero-order chi connectivity index (χ0) is 15.4. The van der Waals surface area contributed by atoms with Crippen LogP contribution in [0.3, 0.4) is 0 Å². The van der Waals surface area contributed by atoms with Gasteiger partial charge in [-0.1, -0.05) is 28.1 Å². The third kappa shape index (κ3) is 4.06. The lowest BCUT2D eigenvalue weighted by atomic mass is 10.1. The highest BCUT2D eigenvalue weighted by atomic mass is 79.9. The number of amides is 1. The van der Waals surface area contributed by atoms with Crippen molar-refractivity contribution in [3.63, 3.8) is 0 Å². The van der Waals surface area contributed by atoms with Crippen LogP contribution in [0.5, 0.6) is 5.75 Å². The number of hydrogen-bond donors (Lipinski definition) is 3. The predicted molar refractivity (Wildman–Crippen MR) is 81.5 cm³/mol. The SMILES string of the molecule is O=C(Cc1ccc(Br)cc1)Nc1ccc(O)c(C(=O)O)c1. The minimum absolute atomic E-state index is 0.177. The van der Waals surface area contributed by atoms with E-state index in [1.165, 1.54) is 18.2 Å². The number of carbonyl (C=O) groups is 2. The van der Waals surface area contributed by atoms with E-state index >= 15 is 0 Å². The molecule has 0 unspecified atom stereocenters. The summed E-state index contributed by atoms with van der Waals surface area (Å²) in [5.41, 5.74) is 0.914. The molecular formula is C15H12BrNO4. The number of rotatable bonds is 4. The van der Waals surface area contributed by atoms with Crippen LogP contribution in [-0.4, -0.2) is 22.1 Å². The number of phenols is 1. The van der Waals surface area contributed by atoms with E-state index in [0.29, 0.717) is 5.69 Å². The number of carbonyl (C=O) groups excluding carboxylic acids is 1. The largest absolute Gasteiger partial charge is 0.507 e. The Bertz CT molecular complexity index is 683. The van der Waals surface area contributed by atoms with Gasteiger partial charge in [-0.05, 0) is 35.9 Å². The van der Waals surface area contributed by atoms with Crippen LogP contribution in [0.2, 0.25) is 0 Å². The number of benzene rings is 2. The lowest BCUT2D eigenvalue weighted by Gasteiger charge is -2.07. The summed E-state index contributed by atoms with van der Waals surface area (Å²) in [6.45, 7) is 0. The maximum Gasteiger partial charge on any atom is 0.339 e. The quantitative estimate of drug-likeness (QED) is 0.740. The van der Waals surface area contributed by atoms with E-state index < -0.39 is 5.97 Å². The fraction of sp³-hybridized carbons (Fsp3) is 0.0667. The first-order valence-corrected chi connectivity index (χ1v) is 6.85. The Morgan fingerprint density at radius 1 is 1.10 bits per heavy atom. The van der Waals surface area contributed by atoms with Crippen molar-refractivity contribution in [3.8, 4) is 5.75 Å². The molecule has 0 atom stereocenters. The minimum atomic E-state index is -1.25. The second-order valence-electron chi connectivity index (χ2n) is 4.39. The molecule has 2 rings (SSSR count). The van der Waals surface area contributed by atoms with Crippen molar-refractivity contribution in [1.82, 2.24) is 0 Å². The number of halogens is 1. The Balaban J connectivity index is 2.07. The molecule has 0 aromatic heterocycles. The number of anilines is 1. The van der Waals surface area contributed by atoms with Gasteiger partial charge < -0.3 is 15.5 Å². The molecule has 2 aromatic carbocycles. The van der Waals surface area contributed by atoms with E-state index in [1.807, 2.05) is 24.3 Å². The van der Waals surface area contributed by atoms with Crippen LogP contribution in [0, 0.1) is 0 Å². The predicted octanol–water partition coefficient (Wildman–Crippen LogP) is 3.03. The maximum absolute atomic E-state index is 11.9. The molecule has 0 fully saturated rings. The molecule has 0 saturated carbocycles. The Labute approximate surface area is 129 Å². The molecule has 0 aliphatic rings. The summed E-state index contributed by atoms with van der Waals surface area (Å²) < 4.78 is 0.927. The number of carboxylic acid groups (broad SMARTS) is 1. The third-order valence-electron chi connectivity index (χ3n) is 2.79. The van der Waals surface area contributed by atoms with Crippen molar-refractivity contribution in [2.75, 3.05) is 5.32 Å². The molecule has 0 saturated heterocycles. The van der Waals surface area contributed by atoms with Crippen LogP contribution >= 0.6 is 15.9 Å². The fourth-order valence-electron chi connectivity index (χ4n) is 1.78. The molecule has 108 valence electrons. The molecule has 1 amide bonds. The number of carboxylic acids is 1. The van der Waals surface area contributed by atoms with Crippen molar-refractivity contribution < 1.29 is 19.8 Å². The molecule has 0 radical (unpaired) electrons. The molecule has 0 aliphatic heterocycles. The van der Waals surface area contributed by atoms with Gasteiger partial charge >= 0.3 is 5.97 Å². The second kappa shape index (κ2) is 6.41. The summed E-state index contributed by atoms with van der Waals surface area (Å²) in [5, 5.41) is 20.9. The highest BCUT2D eigenvalue weighted by Crippen LogP contribution is 2.21. The van der Waals surface area contributed by atoms with Gasteiger partial charge in [-0.25, -0.2) is 4.79 Å². The standard InChI is InChI=1S/C15H12BrNO4/c16-10-3-1-9(2-4-10)7-14(19)17-11-5-6-13(18)12(8-11)15(20)21/h1-6,8,18H,7H2,(H,17,19)(H,20,21). The molecule has 21 heavy (non-hydrogen) atoms. The van der Waals surface area contributed by atoms with Crippen molar-refractivity contribution in [2.45, 2.75) is 6.42 Å². The molecule has 2 aromatic rings. The molecule has 3 N–H and O–H groups in total. The fourth-order valence-corrected chi connectivity index (χ4v) is 2.04. The van der Waals surface area contributed by atoms with Crippen LogP contribution in [0.4, 0.5) is 5.69 Å². The summed E-state index contributed by atoms with van der Waals surface area (Å²) in [6, 6.07) is 11.2. The topological polar surface area (TPSA) is 86.6 Å². The zero-order valence-electron chi connectivity index (χ0n) is 10.8. The molecule has 5 nitrogen and oxygen atoms in total. The Kier molecular flexibility index (Phi) is 4.59. The summed E-state index contributed by atoms with van der Waals surface area (Å²) >= 11 is 3.31. The van der Waals surface area contributed by atoms with Crippen molar-refractivity contribution in [3.05, 3.63) is 58.1 Å². The zero-order valence-corrected chi connectivity index (χ0v) is 12.4. The number of hydrogen-bond acceptors (Lipinski definition) is 3. The average Bonchev–Trinajstić information content (AvgIpc) is 2.43. The molecule has 0 heterocycles. The summed E-state index contributed by atoms with van der Waals surface area (Å²) in [6.07, 6.45) is 0.177. The third-order valence-corrected chi connectivity index (χ3v) is 3.32. The van der Waals surface area contributed by atoms with Gasteiger partial charge in [0.15, 0.2) is 0 Å². The Morgan fingerprint density at radius 3 is 2.38 bits per heavy atom. The highest BCUT2D eigenvalue weighted by molar-refractivity contribution is 9.10. The van der Waals surface area contributed by atoms with Gasteiger partial charge in [0.1, 0.15) is 11.3 Å². The van der Waals surface area contributed by atoms with Gasteiger partial charge in [-0.15, -0.1) is 0 Å². The van der Waals surface area contributed by atoms with Crippen LogP contribution < -0.4 is 5.32 Å². The van der Waals surface area contributed by atoms with Gasteiger partial charge in [0, 0.05) is 10.2 Å². The summed E-state index contributed by atoms with van der Waals surface area (Å²) in [5.74, 6) is -1.86. The van der Waals surface area contributed by atoms with Gasteiger partial charge in [0.25, 0.3) is 0 Å². The Morgan fingerprint density at radius 2 is 1.76 bits per heavy atom. The molecular weight excluding hydrogens is 338 g/mol. The number of aromatic hydroxyl groups is 1. The molecule has 0 aliphatic carbocycles. The summed E-state index contributed by atoms with van der Waals surface area (Å²) in [4.78, 5) is 22.8. The van der Waals surface area contributed by atoms with Crippen LogP contribution in [0.25, 0.3) is 0 Å². The van der Waals surface area contributed by atoms with Crippen molar-refractivity contribution >= 4 is 33.5 Å². The summed E-state index contributed by atoms with van der Waals surface area (Å²) in [7, 11) is 0. The van der Waals surface area contributed by atoms with E-state index in [1.54, 1.807) is 0 Å². The lowest BCUT2D eigenvalue weighted by Crippen LogP contribution is -2.14. The molecule has 0 spiro atoms. The highest BCUT2D eigenvalue weighted by Gasteiger charge is 2.11. The Hall–Kier alpha value is -2.34. The van der Waals surface area contributed by atoms with Gasteiger partial charge in [0.2, 0.25) is 5.91 Å². The number of nitrogens with one attached hydrogen (secondary N) is 1. The van der Waals surface area contributed by atoms with E-state index in [-0.39, 0.29) is 23.6 Å².